The molecule has 2 heterocycles. The number of amides is 1. The molecule has 1 aromatic heterocycles. The minimum Gasteiger partial charge on any atom is -0.341 e. The Balaban J connectivity index is 1.28. The van der Waals surface area contributed by atoms with Gasteiger partial charge in [0.1, 0.15) is 5.01 Å². The maximum absolute atomic E-state index is 13.0. The Labute approximate surface area is 172 Å². The van der Waals surface area contributed by atoms with Crippen LogP contribution in [0.4, 0.5) is 0 Å². The molecule has 1 saturated heterocycles. The fourth-order valence-corrected chi connectivity index (χ4v) is 5.60. The van der Waals surface area contributed by atoms with Crippen LogP contribution in [0.3, 0.4) is 0 Å². The molecule has 0 bridgehead atoms. The van der Waals surface area contributed by atoms with E-state index in [9.17, 15) is 4.79 Å². The topological polar surface area (TPSA) is 39.7 Å². The third-order valence-electron chi connectivity index (χ3n) is 6.48. The van der Waals surface area contributed by atoms with Crippen LogP contribution >= 0.6 is 11.3 Å². The third kappa shape index (κ3) is 4.39. The zero-order valence-electron chi connectivity index (χ0n) is 17.1. The van der Waals surface area contributed by atoms with E-state index in [1.165, 1.54) is 41.8 Å². The number of nitrogens with zero attached hydrogens (tertiary/aromatic N) is 4. The summed E-state index contributed by atoms with van der Waals surface area (Å²) in [7, 11) is 2.01. The number of carbonyl (C=O) groups is 1. The molecule has 152 valence electrons. The fourth-order valence-electron chi connectivity index (χ4n) is 4.59. The van der Waals surface area contributed by atoms with E-state index in [1.807, 2.05) is 18.0 Å². The summed E-state index contributed by atoms with van der Waals surface area (Å²) >= 11 is 1.80. The number of fused-ring (bicyclic) bond motifs is 1. The fraction of sp³-hybridized carbons (Fsp3) is 0.636. The average Bonchev–Trinajstić information content (AvgIpc) is 3.15. The minimum absolute atomic E-state index is 0.0171. The highest BCUT2D eigenvalue weighted by Crippen LogP contribution is 2.24. The highest BCUT2D eigenvalue weighted by Gasteiger charge is 2.30. The van der Waals surface area contributed by atoms with Crippen molar-refractivity contribution >= 4 is 27.5 Å². The lowest BCUT2D eigenvalue weighted by atomic mass is 9.94. The van der Waals surface area contributed by atoms with Gasteiger partial charge in [-0.15, -0.1) is 11.3 Å². The summed E-state index contributed by atoms with van der Waals surface area (Å²) < 4.78 is 1.26. The van der Waals surface area contributed by atoms with E-state index >= 15 is 0 Å². The van der Waals surface area contributed by atoms with E-state index in [2.05, 4.69) is 34.9 Å². The molecular formula is C22H32N4OS. The molecular weight excluding hydrogens is 368 g/mol. The molecule has 0 spiro atoms. The Kier molecular flexibility index (Phi) is 6.28. The van der Waals surface area contributed by atoms with E-state index < -0.39 is 0 Å². The Bertz CT molecular complexity index is 760. The molecule has 5 nitrogen and oxygen atoms in total. The number of hydrogen-bond donors (Lipinski definition) is 0. The molecule has 2 fully saturated rings. The number of rotatable bonds is 5. The van der Waals surface area contributed by atoms with Gasteiger partial charge >= 0.3 is 0 Å². The van der Waals surface area contributed by atoms with Crippen LogP contribution in [0.1, 0.15) is 44.0 Å². The maximum atomic E-state index is 13.0. The summed E-state index contributed by atoms with van der Waals surface area (Å²) in [5.74, 6) is 0.298. The lowest BCUT2D eigenvalue weighted by molar-refractivity contribution is -0.138. The van der Waals surface area contributed by atoms with E-state index in [1.54, 1.807) is 11.3 Å². The molecule has 1 atom stereocenters. The molecule has 6 heteroatoms. The Morgan fingerprint density at radius 3 is 2.61 bits per heavy atom. The molecule has 1 aliphatic carbocycles. The standard InChI is InChI=1S/C22H32N4OS/c1-17(22(27)24(2)18-8-4-3-5-9-18)26-14-12-25(13-15-26)16-21-23-19-10-6-7-11-20(19)28-21/h6-7,10-11,17-18H,3-5,8-9,12-16H2,1-2H3/t17-/m1/s1. The number of hydrogen-bond acceptors (Lipinski definition) is 5. The van der Waals surface area contributed by atoms with Crippen LogP contribution in [0.15, 0.2) is 24.3 Å². The molecule has 1 amide bonds. The quantitative estimate of drug-likeness (QED) is 0.769. The van der Waals surface area contributed by atoms with Crippen molar-refractivity contribution in [2.75, 3.05) is 33.2 Å². The monoisotopic (exact) mass is 400 g/mol. The van der Waals surface area contributed by atoms with Gasteiger partial charge in [-0.05, 0) is 31.9 Å². The minimum atomic E-state index is -0.0171. The second kappa shape index (κ2) is 8.89. The molecule has 0 radical (unpaired) electrons. The van der Waals surface area contributed by atoms with Crippen LogP contribution in [0.25, 0.3) is 10.2 Å². The van der Waals surface area contributed by atoms with E-state index in [0.717, 1.165) is 38.2 Å². The normalized spacial score (nSPS) is 21.1. The van der Waals surface area contributed by atoms with Crippen molar-refractivity contribution in [1.29, 1.82) is 0 Å². The summed E-state index contributed by atoms with van der Waals surface area (Å²) in [5.41, 5.74) is 1.10. The Morgan fingerprint density at radius 1 is 1.18 bits per heavy atom. The largest absolute Gasteiger partial charge is 0.341 e. The van der Waals surface area contributed by atoms with Crippen molar-refractivity contribution in [3.63, 3.8) is 0 Å². The van der Waals surface area contributed by atoms with E-state index in [4.69, 9.17) is 4.98 Å². The lowest BCUT2D eigenvalue weighted by Crippen LogP contribution is -2.55. The molecule has 28 heavy (non-hydrogen) atoms. The Morgan fingerprint density at radius 2 is 1.89 bits per heavy atom. The molecule has 4 rings (SSSR count). The number of piperazine rings is 1. The molecule has 2 aromatic rings. The third-order valence-corrected chi connectivity index (χ3v) is 7.50. The second-order valence-corrected chi connectivity index (χ2v) is 9.42. The maximum Gasteiger partial charge on any atom is 0.239 e. The smallest absolute Gasteiger partial charge is 0.239 e. The van der Waals surface area contributed by atoms with Gasteiger partial charge < -0.3 is 4.90 Å². The van der Waals surface area contributed by atoms with Gasteiger partial charge in [0, 0.05) is 39.3 Å². The predicted molar refractivity (Wildman–Crippen MR) is 116 cm³/mol. The molecule has 1 aliphatic heterocycles. The molecule has 0 N–H and O–H groups in total. The lowest BCUT2D eigenvalue weighted by Gasteiger charge is -2.40. The summed E-state index contributed by atoms with van der Waals surface area (Å²) in [5, 5.41) is 1.19. The van der Waals surface area contributed by atoms with Crippen molar-refractivity contribution in [1.82, 2.24) is 19.7 Å². The zero-order chi connectivity index (χ0) is 19.5. The van der Waals surface area contributed by atoms with Gasteiger partial charge in [0.25, 0.3) is 0 Å². The van der Waals surface area contributed by atoms with Gasteiger partial charge in [0.2, 0.25) is 5.91 Å². The van der Waals surface area contributed by atoms with Crippen molar-refractivity contribution in [3.05, 3.63) is 29.3 Å². The van der Waals surface area contributed by atoms with Crippen molar-refractivity contribution < 1.29 is 4.79 Å². The number of thiazole rings is 1. The number of likely N-dealkylation sites (N-methyl/N-ethyl adjacent to an activating group) is 1. The Hall–Kier alpha value is -1.50. The van der Waals surface area contributed by atoms with Crippen LogP contribution in [-0.4, -0.2) is 70.9 Å². The SMILES string of the molecule is C[C@H](C(=O)N(C)C1CCCCC1)N1CCN(Cc2nc3ccccc3s2)CC1. The predicted octanol–water partition coefficient (Wildman–Crippen LogP) is 3.59. The van der Waals surface area contributed by atoms with E-state index in [0.29, 0.717) is 11.9 Å². The van der Waals surface area contributed by atoms with Crippen LogP contribution in [-0.2, 0) is 11.3 Å². The van der Waals surface area contributed by atoms with E-state index in [-0.39, 0.29) is 6.04 Å². The van der Waals surface area contributed by atoms with Crippen molar-refractivity contribution in [3.8, 4) is 0 Å². The van der Waals surface area contributed by atoms with Gasteiger partial charge in [-0.3, -0.25) is 14.6 Å². The van der Waals surface area contributed by atoms with Gasteiger partial charge in [-0.25, -0.2) is 4.98 Å². The second-order valence-electron chi connectivity index (χ2n) is 8.30. The van der Waals surface area contributed by atoms with Gasteiger partial charge in [0.15, 0.2) is 0 Å². The van der Waals surface area contributed by atoms with Crippen LogP contribution < -0.4 is 0 Å². The summed E-state index contributed by atoms with van der Waals surface area (Å²) in [6.07, 6.45) is 6.20. The van der Waals surface area contributed by atoms with Crippen LogP contribution in [0.2, 0.25) is 0 Å². The first-order valence-corrected chi connectivity index (χ1v) is 11.5. The van der Waals surface area contributed by atoms with Crippen molar-refractivity contribution in [2.45, 2.75) is 57.7 Å². The number of benzene rings is 1. The van der Waals surface area contributed by atoms with Crippen molar-refractivity contribution in [2.24, 2.45) is 0 Å². The highest BCUT2D eigenvalue weighted by molar-refractivity contribution is 7.18. The summed E-state index contributed by atoms with van der Waals surface area (Å²) in [4.78, 5) is 24.6. The first kappa shape index (κ1) is 19.8. The first-order valence-electron chi connectivity index (χ1n) is 10.7. The summed E-state index contributed by atoms with van der Waals surface area (Å²) in [6.45, 7) is 6.91. The molecule has 2 aliphatic rings. The number of carbonyl (C=O) groups excluding carboxylic acids is 1. The van der Waals surface area contributed by atoms with Gasteiger partial charge in [-0.2, -0.15) is 0 Å². The number of aromatic nitrogens is 1. The number of para-hydroxylation sites is 1. The average molecular weight is 401 g/mol. The van der Waals surface area contributed by atoms with Crippen LogP contribution in [0.5, 0.6) is 0 Å². The van der Waals surface area contributed by atoms with Gasteiger partial charge in [0.05, 0.1) is 22.8 Å². The summed E-state index contributed by atoms with van der Waals surface area (Å²) in [6, 6.07) is 8.79. The molecule has 1 saturated carbocycles. The molecule has 0 unspecified atom stereocenters. The van der Waals surface area contributed by atoms with Crippen LogP contribution in [0, 0.1) is 0 Å². The highest BCUT2D eigenvalue weighted by atomic mass is 32.1. The zero-order valence-corrected chi connectivity index (χ0v) is 18.0. The molecule has 1 aromatic carbocycles. The van der Waals surface area contributed by atoms with Gasteiger partial charge in [-0.1, -0.05) is 31.4 Å². The first-order chi connectivity index (χ1) is 13.6.